The minimum absolute atomic E-state index is 0.896. The summed E-state index contributed by atoms with van der Waals surface area (Å²) in [5, 5.41) is 4.75. The number of benzene rings is 11. The van der Waals surface area contributed by atoms with Crippen molar-refractivity contribution in [1.29, 1.82) is 0 Å². The lowest BCUT2D eigenvalue weighted by Crippen LogP contribution is -2.11. The fourth-order valence-corrected chi connectivity index (χ4v) is 10.5. The highest BCUT2D eigenvalue weighted by Gasteiger charge is 2.22. The zero-order valence-electron chi connectivity index (χ0n) is 37.7. The van der Waals surface area contributed by atoms with E-state index in [1.54, 1.807) is 0 Å². The molecule has 0 unspecified atom stereocenters. The second-order valence-corrected chi connectivity index (χ2v) is 17.6. The summed E-state index contributed by atoms with van der Waals surface area (Å²) in [6.45, 7) is 0. The molecule has 0 aliphatic heterocycles. The van der Waals surface area contributed by atoms with Gasteiger partial charge in [-0.15, -0.1) is 0 Å². The van der Waals surface area contributed by atoms with E-state index in [-0.39, 0.29) is 0 Å². The van der Waals surface area contributed by atoms with Gasteiger partial charge < -0.3 is 13.9 Å². The minimum Gasteiger partial charge on any atom is -0.456 e. The summed E-state index contributed by atoms with van der Waals surface area (Å²) >= 11 is 0. The molecular weight excluding hydrogens is 837 g/mol. The van der Waals surface area contributed by atoms with Gasteiger partial charge in [0, 0.05) is 44.0 Å². The van der Waals surface area contributed by atoms with Crippen molar-refractivity contribution in [3.05, 3.63) is 267 Å². The molecule has 69 heavy (non-hydrogen) atoms. The summed E-state index contributed by atoms with van der Waals surface area (Å²) < 4.78 is 8.61. The first-order valence-corrected chi connectivity index (χ1v) is 23.6. The third-order valence-electron chi connectivity index (χ3n) is 13.7. The highest BCUT2D eigenvalue weighted by Crippen LogP contribution is 2.46. The molecule has 11 aromatic carbocycles. The SMILES string of the molecule is c1ccc(-c2ccccc2-c2ccccc2-c2ccccc2N(c2ccc(-c3ccc4oc5ccccc5c4c3)cc2)c2ccc(-c3ccccc3-n3c4ccccc4c4ccccc43)cc2)cc1. The summed E-state index contributed by atoms with van der Waals surface area (Å²) in [5.74, 6) is 0. The van der Waals surface area contributed by atoms with Gasteiger partial charge in [0.05, 0.1) is 22.4 Å². The van der Waals surface area contributed by atoms with Gasteiger partial charge in [-0.1, -0.05) is 200 Å². The van der Waals surface area contributed by atoms with E-state index < -0.39 is 0 Å². The number of anilines is 3. The number of aromatic nitrogens is 1. The van der Waals surface area contributed by atoms with Crippen LogP contribution in [-0.4, -0.2) is 4.57 Å². The molecular formula is C66H44N2O. The molecule has 2 heterocycles. The molecule has 3 nitrogen and oxygen atoms in total. The fraction of sp³-hybridized carbons (Fsp3) is 0. The molecule has 0 aliphatic rings. The molecule has 0 radical (unpaired) electrons. The number of furan rings is 1. The Morgan fingerprint density at radius 2 is 0.725 bits per heavy atom. The Balaban J connectivity index is 0.956. The van der Waals surface area contributed by atoms with E-state index in [0.717, 1.165) is 72.5 Å². The maximum absolute atomic E-state index is 6.19. The van der Waals surface area contributed by atoms with Gasteiger partial charge in [0.2, 0.25) is 0 Å². The van der Waals surface area contributed by atoms with Gasteiger partial charge in [0.15, 0.2) is 0 Å². The number of hydrogen-bond acceptors (Lipinski definition) is 2. The highest BCUT2D eigenvalue weighted by molar-refractivity contribution is 6.10. The largest absolute Gasteiger partial charge is 0.456 e. The van der Waals surface area contributed by atoms with Gasteiger partial charge in [0.25, 0.3) is 0 Å². The van der Waals surface area contributed by atoms with Gasteiger partial charge in [-0.2, -0.15) is 0 Å². The molecule has 2 aromatic heterocycles. The zero-order chi connectivity index (χ0) is 45.7. The number of nitrogens with zero attached hydrogens (tertiary/aromatic N) is 2. The van der Waals surface area contributed by atoms with Crippen LogP contribution in [0.1, 0.15) is 0 Å². The maximum atomic E-state index is 6.19. The van der Waals surface area contributed by atoms with Crippen LogP contribution < -0.4 is 4.90 Å². The molecule has 0 saturated heterocycles. The second-order valence-electron chi connectivity index (χ2n) is 17.6. The van der Waals surface area contributed by atoms with Crippen molar-refractivity contribution < 1.29 is 4.42 Å². The predicted molar refractivity (Wildman–Crippen MR) is 290 cm³/mol. The quantitative estimate of drug-likeness (QED) is 0.144. The number of rotatable bonds is 9. The van der Waals surface area contributed by atoms with Crippen LogP contribution in [0.2, 0.25) is 0 Å². The molecule has 0 spiro atoms. The van der Waals surface area contributed by atoms with Crippen molar-refractivity contribution in [2.24, 2.45) is 0 Å². The van der Waals surface area contributed by atoms with E-state index in [1.807, 2.05) is 12.1 Å². The molecule has 0 N–H and O–H groups in total. The summed E-state index contributed by atoms with van der Waals surface area (Å²) in [6, 6.07) is 96.2. The molecule has 3 heteroatoms. The van der Waals surface area contributed by atoms with Crippen molar-refractivity contribution in [2.75, 3.05) is 4.90 Å². The van der Waals surface area contributed by atoms with Crippen LogP contribution in [0.5, 0.6) is 0 Å². The molecule has 0 aliphatic carbocycles. The van der Waals surface area contributed by atoms with Crippen molar-refractivity contribution >= 4 is 60.8 Å². The standard InChI is InChI=1S/C66H44N2O/c1-2-18-46(19-3-1)51-20-4-5-22-53(51)54-23-6-7-24-55(54)56-25-9-14-30-62(56)67(49-39-34-45(35-40-49)48-38-43-66-60(44-48)59-28-12-17-33-65(59)69-66)50-41-36-47(37-42-50)52-21-8-13-29-61(52)68-63-31-15-10-26-57(63)58-27-11-16-32-64(58)68/h1-44H. The van der Waals surface area contributed by atoms with Gasteiger partial charge >= 0.3 is 0 Å². The van der Waals surface area contributed by atoms with E-state index in [9.17, 15) is 0 Å². The van der Waals surface area contributed by atoms with E-state index in [2.05, 4.69) is 264 Å². The lowest BCUT2D eigenvalue weighted by atomic mass is 9.88. The van der Waals surface area contributed by atoms with Gasteiger partial charge in [-0.25, -0.2) is 0 Å². The average Bonchev–Trinajstić information content (AvgIpc) is 3.97. The zero-order valence-corrected chi connectivity index (χ0v) is 37.7. The van der Waals surface area contributed by atoms with E-state index in [1.165, 1.54) is 49.6 Å². The van der Waals surface area contributed by atoms with Crippen LogP contribution in [0.15, 0.2) is 271 Å². The predicted octanol–water partition coefficient (Wildman–Crippen LogP) is 18.5. The molecule has 0 saturated carbocycles. The summed E-state index contributed by atoms with van der Waals surface area (Å²) in [4.78, 5) is 2.41. The van der Waals surface area contributed by atoms with E-state index >= 15 is 0 Å². The lowest BCUT2D eigenvalue weighted by Gasteiger charge is -2.29. The Labute approximate surface area is 401 Å². The number of hydrogen-bond donors (Lipinski definition) is 0. The Kier molecular flexibility index (Phi) is 9.84. The molecule has 13 aromatic rings. The van der Waals surface area contributed by atoms with Gasteiger partial charge in [-0.05, 0) is 111 Å². The normalized spacial score (nSPS) is 11.5. The minimum atomic E-state index is 0.896. The van der Waals surface area contributed by atoms with Crippen LogP contribution in [0.25, 0.3) is 105 Å². The topological polar surface area (TPSA) is 21.3 Å². The van der Waals surface area contributed by atoms with Crippen LogP contribution in [0, 0.1) is 0 Å². The molecule has 0 atom stereocenters. The van der Waals surface area contributed by atoms with Gasteiger partial charge in [-0.3, -0.25) is 0 Å². The smallest absolute Gasteiger partial charge is 0.135 e. The lowest BCUT2D eigenvalue weighted by molar-refractivity contribution is 0.669. The molecule has 0 amide bonds. The Morgan fingerprint density at radius 3 is 1.41 bits per heavy atom. The summed E-state index contributed by atoms with van der Waals surface area (Å²) in [6.07, 6.45) is 0. The number of para-hydroxylation sites is 5. The molecule has 13 rings (SSSR count). The summed E-state index contributed by atoms with van der Waals surface area (Å²) in [5.41, 5.74) is 20.2. The van der Waals surface area contributed by atoms with E-state index in [4.69, 9.17) is 4.42 Å². The van der Waals surface area contributed by atoms with Crippen molar-refractivity contribution in [2.45, 2.75) is 0 Å². The van der Waals surface area contributed by atoms with Crippen molar-refractivity contribution in [3.63, 3.8) is 0 Å². The third kappa shape index (κ3) is 6.99. The Bertz CT molecular complexity index is 3960. The maximum Gasteiger partial charge on any atom is 0.135 e. The van der Waals surface area contributed by atoms with Gasteiger partial charge in [0.1, 0.15) is 11.2 Å². The van der Waals surface area contributed by atoms with Crippen LogP contribution in [-0.2, 0) is 0 Å². The first-order valence-electron chi connectivity index (χ1n) is 23.6. The fourth-order valence-electron chi connectivity index (χ4n) is 10.5. The first-order chi connectivity index (χ1) is 34.2. The van der Waals surface area contributed by atoms with E-state index in [0.29, 0.717) is 0 Å². The monoisotopic (exact) mass is 880 g/mol. The van der Waals surface area contributed by atoms with Crippen LogP contribution >= 0.6 is 0 Å². The number of fused-ring (bicyclic) bond motifs is 6. The average molecular weight is 881 g/mol. The molecule has 324 valence electrons. The van der Waals surface area contributed by atoms with Crippen LogP contribution in [0.3, 0.4) is 0 Å². The Morgan fingerprint density at radius 1 is 0.275 bits per heavy atom. The second kappa shape index (κ2) is 16.9. The summed E-state index contributed by atoms with van der Waals surface area (Å²) in [7, 11) is 0. The van der Waals surface area contributed by atoms with Crippen molar-refractivity contribution in [3.8, 4) is 61.3 Å². The van der Waals surface area contributed by atoms with Crippen LogP contribution in [0.4, 0.5) is 17.1 Å². The third-order valence-corrected chi connectivity index (χ3v) is 13.7. The highest BCUT2D eigenvalue weighted by atomic mass is 16.3. The van der Waals surface area contributed by atoms with Crippen molar-refractivity contribution in [1.82, 2.24) is 4.57 Å². The molecule has 0 bridgehead atoms. The first kappa shape index (κ1) is 40.1. The molecule has 0 fully saturated rings. The Hall–Kier alpha value is -9.18.